The van der Waals surface area contributed by atoms with Crippen LogP contribution in [0.15, 0.2) is 17.1 Å². The van der Waals surface area contributed by atoms with Gasteiger partial charge in [0.15, 0.2) is 0 Å². The van der Waals surface area contributed by atoms with E-state index >= 15 is 4.39 Å². The lowest BCUT2D eigenvalue weighted by Gasteiger charge is -2.30. The van der Waals surface area contributed by atoms with Crippen molar-refractivity contribution in [2.75, 3.05) is 11.4 Å². The lowest BCUT2D eigenvalue weighted by atomic mass is 10.0. The molecule has 3 aromatic rings. The number of benzene rings is 1. The Labute approximate surface area is 165 Å². The maximum Gasteiger partial charge on any atom is 0.341 e. The number of pyridine rings is 1. The molecular formula is C21H21FN4O3. The van der Waals surface area contributed by atoms with Gasteiger partial charge < -0.3 is 14.6 Å². The number of H-pyrrole nitrogens is 1. The van der Waals surface area contributed by atoms with Gasteiger partial charge in [-0.25, -0.2) is 9.18 Å². The first-order chi connectivity index (χ1) is 13.9. The number of carbonyl (C=O) groups is 1. The minimum atomic E-state index is -1.28. The molecular weight excluding hydrogens is 375 g/mol. The van der Waals surface area contributed by atoms with Gasteiger partial charge in [-0.15, -0.1) is 0 Å². The SMILES string of the molecule is Cc1[nH]nc2c1CN(c1cc3c(c(C)c1F)c(=O)c(C(=O)O)cn3C1CC1)CC2. The van der Waals surface area contributed by atoms with E-state index in [0.717, 1.165) is 29.8 Å². The topological polar surface area (TPSA) is 91.2 Å². The molecule has 29 heavy (non-hydrogen) atoms. The molecule has 2 N–H and O–H groups in total. The van der Waals surface area contributed by atoms with Crippen molar-refractivity contribution in [2.45, 2.75) is 45.7 Å². The number of aryl methyl sites for hydroxylation is 2. The first-order valence-corrected chi connectivity index (χ1v) is 9.75. The molecule has 0 saturated heterocycles. The number of nitrogens with zero attached hydrogens (tertiary/aromatic N) is 3. The van der Waals surface area contributed by atoms with Crippen molar-refractivity contribution in [1.82, 2.24) is 14.8 Å². The number of anilines is 1. The van der Waals surface area contributed by atoms with Crippen molar-refractivity contribution in [3.05, 3.63) is 56.4 Å². The summed E-state index contributed by atoms with van der Waals surface area (Å²) in [6.45, 7) is 4.68. The lowest BCUT2D eigenvalue weighted by Crippen LogP contribution is -2.31. The van der Waals surface area contributed by atoms with Gasteiger partial charge in [0.25, 0.3) is 0 Å². The zero-order chi connectivity index (χ0) is 20.4. The molecule has 8 heteroatoms. The molecule has 0 unspecified atom stereocenters. The Balaban J connectivity index is 1.73. The molecule has 0 bridgehead atoms. The molecule has 2 aliphatic rings. The molecule has 0 amide bonds. The van der Waals surface area contributed by atoms with E-state index in [9.17, 15) is 14.7 Å². The molecule has 1 fully saturated rings. The Bertz CT molecular complexity index is 1240. The molecule has 0 spiro atoms. The Morgan fingerprint density at radius 3 is 2.79 bits per heavy atom. The summed E-state index contributed by atoms with van der Waals surface area (Å²) in [4.78, 5) is 26.4. The lowest BCUT2D eigenvalue weighted by molar-refractivity contribution is 0.0695. The fourth-order valence-corrected chi connectivity index (χ4v) is 4.32. The Morgan fingerprint density at radius 1 is 1.34 bits per heavy atom. The summed E-state index contributed by atoms with van der Waals surface area (Å²) in [6, 6.07) is 1.86. The van der Waals surface area contributed by atoms with Crippen LogP contribution >= 0.6 is 0 Å². The predicted molar refractivity (Wildman–Crippen MR) is 106 cm³/mol. The largest absolute Gasteiger partial charge is 0.477 e. The van der Waals surface area contributed by atoms with Gasteiger partial charge in [0.05, 0.1) is 22.3 Å². The van der Waals surface area contributed by atoms with E-state index in [1.165, 1.54) is 6.20 Å². The summed E-state index contributed by atoms with van der Waals surface area (Å²) in [5.41, 5.74) is 3.38. The minimum absolute atomic E-state index is 0.151. The normalized spacial score (nSPS) is 16.3. The van der Waals surface area contributed by atoms with Gasteiger partial charge in [0.2, 0.25) is 5.43 Å². The number of fused-ring (bicyclic) bond motifs is 2. The van der Waals surface area contributed by atoms with Gasteiger partial charge in [-0.2, -0.15) is 5.10 Å². The van der Waals surface area contributed by atoms with Crippen LogP contribution in [-0.2, 0) is 13.0 Å². The summed E-state index contributed by atoms with van der Waals surface area (Å²) in [6.07, 6.45) is 3.97. The summed E-state index contributed by atoms with van der Waals surface area (Å²) >= 11 is 0. The van der Waals surface area contributed by atoms with Crippen molar-refractivity contribution in [3.63, 3.8) is 0 Å². The number of aromatic carboxylic acids is 1. The van der Waals surface area contributed by atoms with E-state index in [0.29, 0.717) is 30.7 Å². The average Bonchev–Trinajstić information content (AvgIpc) is 3.47. The number of halogens is 1. The smallest absolute Gasteiger partial charge is 0.341 e. The van der Waals surface area contributed by atoms with E-state index in [4.69, 9.17) is 0 Å². The fraction of sp³-hybridized carbons (Fsp3) is 0.381. The molecule has 7 nitrogen and oxygen atoms in total. The Kier molecular flexibility index (Phi) is 3.81. The molecule has 5 rings (SSSR count). The molecule has 2 aromatic heterocycles. The van der Waals surface area contributed by atoms with Crippen LogP contribution in [0.5, 0.6) is 0 Å². The zero-order valence-electron chi connectivity index (χ0n) is 16.3. The van der Waals surface area contributed by atoms with Gasteiger partial charge in [0.1, 0.15) is 11.4 Å². The van der Waals surface area contributed by atoms with E-state index in [1.807, 2.05) is 16.4 Å². The average molecular weight is 396 g/mol. The highest BCUT2D eigenvalue weighted by atomic mass is 19.1. The zero-order valence-corrected chi connectivity index (χ0v) is 16.3. The number of carboxylic acids is 1. The van der Waals surface area contributed by atoms with Gasteiger partial charge in [-0.05, 0) is 32.8 Å². The molecule has 0 radical (unpaired) electrons. The third-order valence-electron chi connectivity index (χ3n) is 6.12. The monoisotopic (exact) mass is 396 g/mol. The highest BCUT2D eigenvalue weighted by molar-refractivity contribution is 5.95. The molecule has 1 aliphatic carbocycles. The number of aromatic amines is 1. The third kappa shape index (κ3) is 2.66. The van der Waals surface area contributed by atoms with Crippen LogP contribution in [0, 0.1) is 19.7 Å². The number of hydrogen-bond donors (Lipinski definition) is 2. The van der Waals surface area contributed by atoms with Crippen molar-refractivity contribution < 1.29 is 14.3 Å². The molecule has 1 aromatic carbocycles. The van der Waals surface area contributed by atoms with Crippen LogP contribution in [0.2, 0.25) is 0 Å². The molecule has 1 saturated carbocycles. The predicted octanol–water partition coefficient (Wildman–Crippen LogP) is 3.08. The van der Waals surface area contributed by atoms with Crippen molar-refractivity contribution >= 4 is 22.6 Å². The highest BCUT2D eigenvalue weighted by Gasteiger charge is 2.30. The molecule has 150 valence electrons. The quantitative estimate of drug-likeness (QED) is 0.710. The molecule has 0 atom stereocenters. The summed E-state index contributed by atoms with van der Waals surface area (Å²) in [5.74, 6) is -1.75. The molecule has 1 aliphatic heterocycles. The van der Waals surface area contributed by atoms with Crippen LogP contribution in [0.1, 0.15) is 51.8 Å². The van der Waals surface area contributed by atoms with Crippen LogP contribution < -0.4 is 10.3 Å². The standard InChI is InChI=1S/C21H21FN4O3/c1-10-18-16(26(12-3-4-12)9-14(20(18)27)21(28)29)7-17(19(10)22)25-6-5-15-13(8-25)11(2)23-24-15/h7,9,12H,3-6,8H2,1-2H3,(H,23,24)(H,28,29). The van der Waals surface area contributed by atoms with Gasteiger partial charge >= 0.3 is 5.97 Å². The summed E-state index contributed by atoms with van der Waals surface area (Å²) in [7, 11) is 0. The highest BCUT2D eigenvalue weighted by Crippen LogP contribution is 2.39. The maximum absolute atomic E-state index is 15.4. The Hall–Kier alpha value is -3.16. The van der Waals surface area contributed by atoms with Crippen LogP contribution in [0.25, 0.3) is 10.9 Å². The van der Waals surface area contributed by atoms with Gasteiger partial charge in [0, 0.05) is 48.6 Å². The number of hydrogen-bond acceptors (Lipinski definition) is 4. The second kappa shape index (κ2) is 6.17. The first kappa shape index (κ1) is 17.9. The number of aromatic nitrogens is 3. The van der Waals surface area contributed by atoms with Crippen molar-refractivity contribution in [2.24, 2.45) is 0 Å². The summed E-state index contributed by atoms with van der Waals surface area (Å²) < 4.78 is 17.3. The maximum atomic E-state index is 15.4. The number of carboxylic acid groups (broad SMARTS) is 1. The Morgan fingerprint density at radius 2 is 2.10 bits per heavy atom. The minimum Gasteiger partial charge on any atom is -0.477 e. The second-order valence-electron chi connectivity index (χ2n) is 7.99. The molecule has 3 heterocycles. The van der Waals surface area contributed by atoms with Crippen LogP contribution in [-0.4, -0.2) is 32.4 Å². The first-order valence-electron chi connectivity index (χ1n) is 9.75. The van der Waals surface area contributed by atoms with Crippen LogP contribution in [0.3, 0.4) is 0 Å². The third-order valence-corrected chi connectivity index (χ3v) is 6.12. The van der Waals surface area contributed by atoms with E-state index < -0.39 is 17.2 Å². The van der Waals surface area contributed by atoms with Crippen molar-refractivity contribution in [3.8, 4) is 0 Å². The van der Waals surface area contributed by atoms with Gasteiger partial charge in [-0.1, -0.05) is 0 Å². The van der Waals surface area contributed by atoms with E-state index in [2.05, 4.69) is 10.2 Å². The second-order valence-corrected chi connectivity index (χ2v) is 7.99. The number of nitrogens with one attached hydrogen (secondary N) is 1. The van der Waals surface area contributed by atoms with E-state index in [1.54, 1.807) is 13.0 Å². The van der Waals surface area contributed by atoms with Crippen molar-refractivity contribution in [1.29, 1.82) is 0 Å². The fourth-order valence-electron chi connectivity index (χ4n) is 4.32. The number of rotatable bonds is 3. The summed E-state index contributed by atoms with van der Waals surface area (Å²) in [5, 5.41) is 16.9. The van der Waals surface area contributed by atoms with E-state index in [-0.39, 0.29) is 22.6 Å². The van der Waals surface area contributed by atoms with Crippen LogP contribution in [0.4, 0.5) is 10.1 Å². The van der Waals surface area contributed by atoms with Gasteiger partial charge in [-0.3, -0.25) is 9.89 Å².